The van der Waals surface area contributed by atoms with Crippen LogP contribution in [0.1, 0.15) is 12.0 Å². The number of ether oxygens (including phenoxy) is 1. The quantitative estimate of drug-likeness (QED) is 0.736. The van der Waals surface area contributed by atoms with Crippen molar-refractivity contribution in [3.8, 4) is 5.75 Å². The van der Waals surface area contributed by atoms with Crippen LogP contribution < -0.4 is 10.3 Å². The van der Waals surface area contributed by atoms with Crippen LogP contribution in [0.15, 0.2) is 17.1 Å². The Morgan fingerprint density at radius 2 is 2.25 bits per heavy atom. The molecule has 0 aromatic carbocycles. The van der Waals surface area contributed by atoms with E-state index in [0.29, 0.717) is 0 Å². The molecule has 0 radical (unpaired) electrons. The fourth-order valence-corrected chi connectivity index (χ4v) is 0.857. The zero-order valence-electron chi connectivity index (χ0n) is 6.30. The third kappa shape index (κ3) is 1.44. The lowest BCUT2D eigenvalue weighted by molar-refractivity contribution is 0.145. The predicted molar refractivity (Wildman–Crippen MR) is 38.6 cm³/mol. The number of nitrogens with one attached hydrogen (secondary N) is 1. The second-order valence-electron chi connectivity index (χ2n) is 2.09. The van der Waals surface area contributed by atoms with E-state index in [9.17, 15) is 13.6 Å². The molecule has 1 rings (SSSR count). The molecule has 66 valence electrons. The van der Waals surface area contributed by atoms with Gasteiger partial charge in [-0.1, -0.05) is 0 Å². The van der Waals surface area contributed by atoms with Crippen LogP contribution in [0.5, 0.6) is 5.75 Å². The van der Waals surface area contributed by atoms with Crippen molar-refractivity contribution in [2.75, 3.05) is 7.11 Å². The lowest BCUT2D eigenvalue weighted by Gasteiger charge is -2.04. The van der Waals surface area contributed by atoms with E-state index in [1.54, 1.807) is 0 Å². The zero-order chi connectivity index (χ0) is 9.14. The Bertz CT molecular complexity index is 321. The molecule has 0 saturated heterocycles. The highest BCUT2D eigenvalue weighted by molar-refractivity contribution is 5.30. The Morgan fingerprint density at radius 3 is 2.67 bits per heavy atom. The molecule has 0 spiro atoms. The standard InChI is InChI=1S/C7H7F2NO2/c1-12-4-2-3-10-7(11)5(4)6(8)9/h2-3,6H,1H3,(H,10,11). The molecule has 0 atom stereocenters. The van der Waals surface area contributed by atoms with Gasteiger partial charge in [0.25, 0.3) is 12.0 Å². The molecule has 0 aliphatic rings. The summed E-state index contributed by atoms with van der Waals surface area (Å²) in [5, 5.41) is 0. The van der Waals surface area contributed by atoms with Gasteiger partial charge in [0.1, 0.15) is 11.3 Å². The summed E-state index contributed by atoms with van der Waals surface area (Å²) in [6.07, 6.45) is -1.56. The number of aromatic nitrogens is 1. The van der Waals surface area contributed by atoms with Crippen LogP contribution in [-0.4, -0.2) is 12.1 Å². The first-order valence-electron chi connectivity index (χ1n) is 3.20. The Morgan fingerprint density at radius 1 is 1.58 bits per heavy atom. The van der Waals surface area contributed by atoms with Gasteiger partial charge < -0.3 is 9.72 Å². The summed E-state index contributed by atoms with van der Waals surface area (Å²) < 4.78 is 28.9. The van der Waals surface area contributed by atoms with Gasteiger partial charge in [0.15, 0.2) is 0 Å². The van der Waals surface area contributed by atoms with Gasteiger partial charge in [-0.05, 0) is 6.07 Å². The van der Waals surface area contributed by atoms with E-state index in [4.69, 9.17) is 0 Å². The normalized spacial score (nSPS) is 10.3. The maximum atomic E-state index is 12.2. The molecule has 1 heterocycles. The van der Waals surface area contributed by atoms with Gasteiger partial charge in [-0.25, -0.2) is 8.78 Å². The molecule has 0 bridgehead atoms. The largest absolute Gasteiger partial charge is 0.496 e. The number of methoxy groups -OCH3 is 1. The van der Waals surface area contributed by atoms with Crippen LogP contribution in [0.4, 0.5) is 8.78 Å². The summed E-state index contributed by atoms with van der Waals surface area (Å²) >= 11 is 0. The maximum Gasteiger partial charge on any atom is 0.272 e. The van der Waals surface area contributed by atoms with Gasteiger partial charge in [-0.15, -0.1) is 0 Å². The van der Waals surface area contributed by atoms with Gasteiger partial charge in [0.2, 0.25) is 0 Å². The van der Waals surface area contributed by atoms with Crippen molar-refractivity contribution < 1.29 is 13.5 Å². The van der Waals surface area contributed by atoms with Gasteiger partial charge in [0, 0.05) is 6.20 Å². The van der Waals surface area contributed by atoms with Crippen molar-refractivity contribution in [3.05, 3.63) is 28.2 Å². The lowest BCUT2D eigenvalue weighted by atomic mass is 10.2. The topological polar surface area (TPSA) is 42.1 Å². The number of aromatic amines is 1. The number of hydrogen-bond donors (Lipinski definition) is 1. The molecule has 3 nitrogen and oxygen atoms in total. The third-order valence-electron chi connectivity index (χ3n) is 1.40. The smallest absolute Gasteiger partial charge is 0.272 e. The third-order valence-corrected chi connectivity index (χ3v) is 1.40. The molecule has 0 saturated carbocycles. The fourth-order valence-electron chi connectivity index (χ4n) is 0.857. The predicted octanol–water partition coefficient (Wildman–Crippen LogP) is 1.32. The van der Waals surface area contributed by atoms with E-state index < -0.39 is 17.5 Å². The van der Waals surface area contributed by atoms with E-state index in [0.717, 1.165) is 0 Å². The Hall–Kier alpha value is -1.39. The SMILES string of the molecule is COc1cc[nH]c(=O)c1C(F)F. The van der Waals surface area contributed by atoms with Gasteiger partial charge >= 0.3 is 0 Å². The first kappa shape index (κ1) is 8.70. The summed E-state index contributed by atoms with van der Waals surface area (Å²) in [4.78, 5) is 13.0. The van der Waals surface area contributed by atoms with Crippen LogP contribution in [0, 0.1) is 0 Å². The monoisotopic (exact) mass is 175 g/mol. The lowest BCUT2D eigenvalue weighted by Crippen LogP contribution is -2.13. The molecule has 1 N–H and O–H groups in total. The van der Waals surface area contributed by atoms with Crippen molar-refractivity contribution in [3.63, 3.8) is 0 Å². The van der Waals surface area contributed by atoms with Crippen LogP contribution in [0.3, 0.4) is 0 Å². The Balaban J connectivity index is 3.30. The summed E-state index contributed by atoms with van der Waals surface area (Å²) in [7, 11) is 1.24. The van der Waals surface area contributed by atoms with Crippen molar-refractivity contribution in [1.82, 2.24) is 4.98 Å². The molecule has 5 heteroatoms. The van der Waals surface area contributed by atoms with Crippen molar-refractivity contribution in [2.45, 2.75) is 6.43 Å². The highest BCUT2D eigenvalue weighted by atomic mass is 19.3. The van der Waals surface area contributed by atoms with E-state index in [2.05, 4.69) is 9.72 Å². The summed E-state index contributed by atoms with van der Waals surface area (Å²) in [6, 6.07) is 1.28. The first-order chi connectivity index (χ1) is 5.66. The summed E-state index contributed by atoms with van der Waals surface area (Å²) in [6.45, 7) is 0. The van der Waals surface area contributed by atoms with E-state index in [1.165, 1.54) is 19.4 Å². The van der Waals surface area contributed by atoms with Crippen LogP contribution >= 0.6 is 0 Å². The Kier molecular flexibility index (Phi) is 2.42. The highest BCUT2D eigenvalue weighted by Gasteiger charge is 2.17. The number of pyridine rings is 1. The summed E-state index contributed by atoms with van der Waals surface area (Å²) in [5.41, 5.74) is -1.44. The molecule has 0 aliphatic heterocycles. The van der Waals surface area contributed by atoms with Crippen molar-refractivity contribution >= 4 is 0 Å². The van der Waals surface area contributed by atoms with E-state index in [-0.39, 0.29) is 5.75 Å². The average molecular weight is 175 g/mol. The number of hydrogen-bond acceptors (Lipinski definition) is 2. The second kappa shape index (κ2) is 3.34. The number of alkyl halides is 2. The fraction of sp³-hybridized carbons (Fsp3) is 0.286. The molecule has 12 heavy (non-hydrogen) atoms. The van der Waals surface area contributed by atoms with E-state index in [1.807, 2.05) is 0 Å². The number of halogens is 2. The highest BCUT2D eigenvalue weighted by Crippen LogP contribution is 2.23. The first-order valence-corrected chi connectivity index (χ1v) is 3.20. The maximum absolute atomic E-state index is 12.2. The molecule has 0 unspecified atom stereocenters. The Labute approximate surface area is 67.0 Å². The van der Waals surface area contributed by atoms with Gasteiger partial charge in [-0.2, -0.15) is 0 Å². The molecule has 0 amide bonds. The minimum Gasteiger partial charge on any atom is -0.496 e. The summed E-state index contributed by atoms with van der Waals surface area (Å²) in [5.74, 6) is -0.0891. The minimum atomic E-state index is -2.81. The average Bonchev–Trinajstić information content (AvgIpc) is 2.03. The molecule has 1 aromatic heterocycles. The number of rotatable bonds is 2. The molecular formula is C7H7F2NO2. The zero-order valence-corrected chi connectivity index (χ0v) is 6.30. The van der Waals surface area contributed by atoms with E-state index >= 15 is 0 Å². The van der Waals surface area contributed by atoms with Crippen molar-refractivity contribution in [2.24, 2.45) is 0 Å². The molecule has 0 aliphatic carbocycles. The van der Waals surface area contributed by atoms with Crippen LogP contribution in [0.2, 0.25) is 0 Å². The van der Waals surface area contributed by atoms with Gasteiger partial charge in [-0.3, -0.25) is 4.79 Å². The second-order valence-corrected chi connectivity index (χ2v) is 2.09. The molecule has 0 fully saturated rings. The van der Waals surface area contributed by atoms with Crippen LogP contribution in [0.25, 0.3) is 0 Å². The van der Waals surface area contributed by atoms with Gasteiger partial charge in [0.05, 0.1) is 7.11 Å². The molecule has 1 aromatic rings. The number of H-pyrrole nitrogens is 1. The van der Waals surface area contributed by atoms with Crippen molar-refractivity contribution in [1.29, 1.82) is 0 Å². The molecular weight excluding hydrogens is 168 g/mol. The minimum absolute atomic E-state index is 0.0891. The van der Waals surface area contributed by atoms with Crippen LogP contribution in [-0.2, 0) is 0 Å².